The molecule has 0 amide bonds. The number of ether oxygens (including phenoxy) is 1. The third kappa shape index (κ3) is 3.72. The smallest absolute Gasteiger partial charge is 0.355 e. The first-order chi connectivity index (χ1) is 11.4. The molecule has 1 aliphatic carbocycles. The van der Waals surface area contributed by atoms with Crippen LogP contribution in [0.4, 0.5) is 0 Å². The highest BCUT2D eigenvalue weighted by Crippen LogP contribution is 2.24. The van der Waals surface area contributed by atoms with Crippen molar-refractivity contribution < 1.29 is 14.3 Å². The van der Waals surface area contributed by atoms with Crippen LogP contribution in [0.5, 0.6) is 0 Å². The standard InChI is InChI=1S/C19H30N2O3/c1-6-24-19(23)17-12(2)16(14(4)21(17)5)18(22)13(3)20-15-10-8-7-9-11-15/h13,15,20H,6-11H2,1-5H3. The van der Waals surface area contributed by atoms with Gasteiger partial charge < -0.3 is 14.6 Å². The van der Waals surface area contributed by atoms with Gasteiger partial charge in [-0.15, -0.1) is 0 Å². The molecule has 1 aliphatic rings. The highest BCUT2D eigenvalue weighted by atomic mass is 16.5. The molecular formula is C19H30N2O3. The number of aromatic nitrogens is 1. The van der Waals surface area contributed by atoms with E-state index in [2.05, 4.69) is 5.32 Å². The van der Waals surface area contributed by atoms with Crippen LogP contribution in [0.2, 0.25) is 0 Å². The predicted molar refractivity (Wildman–Crippen MR) is 94.6 cm³/mol. The Morgan fingerprint density at radius 1 is 1.25 bits per heavy atom. The van der Waals surface area contributed by atoms with E-state index in [0.29, 0.717) is 23.9 Å². The average Bonchev–Trinajstić information content (AvgIpc) is 2.77. The number of esters is 1. The summed E-state index contributed by atoms with van der Waals surface area (Å²) in [6, 6.07) is 0.175. The molecule has 5 heteroatoms. The maximum atomic E-state index is 13.0. The van der Waals surface area contributed by atoms with Crippen LogP contribution in [-0.2, 0) is 11.8 Å². The minimum absolute atomic E-state index is 0.0571. The molecule has 1 aromatic heterocycles. The summed E-state index contributed by atoms with van der Waals surface area (Å²) in [5.74, 6) is -0.311. The number of rotatable bonds is 6. The molecule has 0 aromatic carbocycles. The van der Waals surface area contributed by atoms with Gasteiger partial charge in [0.25, 0.3) is 0 Å². The van der Waals surface area contributed by atoms with Gasteiger partial charge >= 0.3 is 5.97 Å². The monoisotopic (exact) mass is 334 g/mol. The largest absolute Gasteiger partial charge is 0.461 e. The summed E-state index contributed by atoms with van der Waals surface area (Å²) in [4.78, 5) is 25.2. The molecule has 1 unspecified atom stereocenters. The van der Waals surface area contributed by atoms with E-state index >= 15 is 0 Å². The van der Waals surface area contributed by atoms with Crippen LogP contribution < -0.4 is 5.32 Å². The summed E-state index contributed by atoms with van der Waals surface area (Å²) in [5.41, 5.74) is 2.66. The molecule has 1 heterocycles. The van der Waals surface area contributed by atoms with Crippen molar-refractivity contribution >= 4 is 11.8 Å². The second-order valence-corrected chi connectivity index (χ2v) is 6.80. The average molecular weight is 334 g/mol. The molecule has 134 valence electrons. The SMILES string of the molecule is CCOC(=O)c1c(C)c(C(=O)C(C)NC2CCCCC2)c(C)n1C. The van der Waals surface area contributed by atoms with E-state index in [-0.39, 0.29) is 17.8 Å². The molecule has 24 heavy (non-hydrogen) atoms. The highest BCUT2D eigenvalue weighted by molar-refractivity contribution is 6.05. The van der Waals surface area contributed by atoms with Crippen LogP contribution in [0.15, 0.2) is 0 Å². The van der Waals surface area contributed by atoms with Gasteiger partial charge in [-0.25, -0.2) is 4.79 Å². The van der Waals surface area contributed by atoms with Crippen molar-refractivity contribution in [1.29, 1.82) is 0 Å². The van der Waals surface area contributed by atoms with Gasteiger partial charge in [-0.05, 0) is 46.1 Å². The van der Waals surface area contributed by atoms with Crippen molar-refractivity contribution in [2.24, 2.45) is 7.05 Å². The summed E-state index contributed by atoms with van der Waals surface area (Å²) in [6.45, 7) is 7.75. The van der Waals surface area contributed by atoms with E-state index in [1.165, 1.54) is 19.3 Å². The van der Waals surface area contributed by atoms with Gasteiger partial charge in [0.15, 0.2) is 5.78 Å². The number of Topliss-reactive ketones (excluding diaryl/α,β-unsaturated/α-hetero) is 1. The van der Waals surface area contributed by atoms with Gasteiger partial charge in [0.2, 0.25) is 0 Å². The molecular weight excluding hydrogens is 304 g/mol. The molecule has 1 saturated carbocycles. The summed E-state index contributed by atoms with van der Waals surface area (Å²) >= 11 is 0. The first kappa shape index (κ1) is 18.7. The molecule has 0 saturated heterocycles. The van der Waals surface area contributed by atoms with Gasteiger partial charge in [0, 0.05) is 24.3 Å². The Hall–Kier alpha value is -1.62. The molecule has 0 radical (unpaired) electrons. The number of hydrogen-bond donors (Lipinski definition) is 1. The van der Waals surface area contributed by atoms with Gasteiger partial charge in [-0.3, -0.25) is 4.79 Å². The fraction of sp³-hybridized carbons (Fsp3) is 0.684. The van der Waals surface area contributed by atoms with Crippen molar-refractivity contribution in [3.8, 4) is 0 Å². The minimum atomic E-state index is -0.368. The third-order valence-corrected chi connectivity index (χ3v) is 5.13. The van der Waals surface area contributed by atoms with Crippen LogP contribution in [0.3, 0.4) is 0 Å². The lowest BCUT2D eigenvalue weighted by molar-refractivity contribution is 0.0514. The molecule has 5 nitrogen and oxygen atoms in total. The number of carbonyl (C=O) groups is 2. The zero-order valence-electron chi connectivity index (χ0n) is 15.6. The first-order valence-corrected chi connectivity index (χ1v) is 9.01. The van der Waals surface area contributed by atoms with Crippen molar-refractivity contribution in [1.82, 2.24) is 9.88 Å². The molecule has 1 N–H and O–H groups in total. The number of nitrogens with one attached hydrogen (secondary N) is 1. The number of nitrogens with zero attached hydrogens (tertiary/aromatic N) is 1. The Morgan fingerprint density at radius 2 is 1.88 bits per heavy atom. The van der Waals surface area contributed by atoms with Gasteiger partial charge in [-0.2, -0.15) is 0 Å². The van der Waals surface area contributed by atoms with E-state index in [9.17, 15) is 9.59 Å². The van der Waals surface area contributed by atoms with Gasteiger partial charge in [-0.1, -0.05) is 19.3 Å². The summed E-state index contributed by atoms with van der Waals surface area (Å²) in [7, 11) is 1.81. The fourth-order valence-electron chi connectivity index (χ4n) is 3.74. The lowest BCUT2D eigenvalue weighted by Gasteiger charge is -2.26. The minimum Gasteiger partial charge on any atom is -0.461 e. The fourth-order valence-corrected chi connectivity index (χ4v) is 3.74. The highest BCUT2D eigenvalue weighted by Gasteiger charge is 2.29. The zero-order chi connectivity index (χ0) is 17.9. The van der Waals surface area contributed by atoms with Crippen LogP contribution >= 0.6 is 0 Å². The zero-order valence-corrected chi connectivity index (χ0v) is 15.6. The second kappa shape index (κ2) is 7.97. The van der Waals surface area contributed by atoms with Crippen molar-refractivity contribution in [3.63, 3.8) is 0 Å². The molecule has 1 fully saturated rings. The Balaban J connectivity index is 2.22. The maximum Gasteiger partial charge on any atom is 0.355 e. The Kier molecular flexibility index (Phi) is 6.21. The lowest BCUT2D eigenvalue weighted by Crippen LogP contribution is -2.42. The number of carbonyl (C=O) groups excluding carboxylic acids is 2. The van der Waals surface area contributed by atoms with E-state index in [4.69, 9.17) is 4.74 Å². The molecule has 1 aromatic rings. The van der Waals surface area contributed by atoms with Gasteiger partial charge in [0.05, 0.1) is 12.6 Å². The van der Waals surface area contributed by atoms with Crippen molar-refractivity contribution in [3.05, 3.63) is 22.5 Å². The molecule has 2 rings (SSSR count). The van der Waals surface area contributed by atoms with Crippen LogP contribution in [0, 0.1) is 13.8 Å². The first-order valence-electron chi connectivity index (χ1n) is 9.01. The Labute approximate surface area is 144 Å². The van der Waals surface area contributed by atoms with Crippen molar-refractivity contribution in [2.45, 2.75) is 71.9 Å². The van der Waals surface area contributed by atoms with E-state index in [0.717, 1.165) is 24.1 Å². The Morgan fingerprint density at radius 3 is 2.46 bits per heavy atom. The van der Waals surface area contributed by atoms with E-state index in [1.54, 1.807) is 11.5 Å². The predicted octanol–water partition coefficient (Wildman–Crippen LogP) is 3.31. The maximum absolute atomic E-state index is 13.0. The summed E-state index contributed by atoms with van der Waals surface area (Å²) in [5, 5.41) is 3.48. The normalized spacial score (nSPS) is 16.9. The van der Waals surface area contributed by atoms with E-state index < -0.39 is 0 Å². The second-order valence-electron chi connectivity index (χ2n) is 6.80. The molecule has 0 spiro atoms. The van der Waals surface area contributed by atoms with Crippen molar-refractivity contribution in [2.75, 3.05) is 6.61 Å². The molecule has 1 atom stereocenters. The Bertz CT molecular complexity index is 613. The topological polar surface area (TPSA) is 60.3 Å². The quantitative estimate of drug-likeness (QED) is 0.640. The third-order valence-electron chi connectivity index (χ3n) is 5.13. The molecule has 0 aliphatic heterocycles. The van der Waals surface area contributed by atoms with Crippen LogP contribution in [0.1, 0.15) is 78.1 Å². The summed E-state index contributed by atoms with van der Waals surface area (Å²) < 4.78 is 6.90. The number of ketones is 1. The molecule has 0 bridgehead atoms. The van der Waals surface area contributed by atoms with Gasteiger partial charge in [0.1, 0.15) is 5.69 Å². The summed E-state index contributed by atoms with van der Waals surface area (Å²) in [6.07, 6.45) is 6.03. The van der Waals surface area contributed by atoms with Crippen LogP contribution in [-0.4, -0.2) is 35.0 Å². The lowest BCUT2D eigenvalue weighted by atomic mass is 9.93. The van der Waals surface area contributed by atoms with E-state index in [1.807, 2.05) is 27.8 Å². The van der Waals surface area contributed by atoms with Crippen LogP contribution in [0.25, 0.3) is 0 Å². The number of hydrogen-bond acceptors (Lipinski definition) is 4.